The lowest BCUT2D eigenvalue weighted by Crippen LogP contribution is -2.18. The Kier molecular flexibility index (Phi) is 4.31. The second-order valence-electron chi connectivity index (χ2n) is 3.98. The highest BCUT2D eigenvalue weighted by Crippen LogP contribution is 2.24. The molecule has 1 aromatic carbocycles. The summed E-state index contributed by atoms with van der Waals surface area (Å²) in [5.41, 5.74) is 2.55. The van der Waals surface area contributed by atoms with Crippen LogP contribution in [-0.2, 0) is 6.42 Å². The van der Waals surface area contributed by atoms with Crippen molar-refractivity contribution >= 4 is 27.3 Å². The van der Waals surface area contributed by atoms with Crippen molar-refractivity contribution in [1.29, 1.82) is 0 Å². The van der Waals surface area contributed by atoms with E-state index in [1.165, 1.54) is 16.1 Å². The number of benzene rings is 1. The van der Waals surface area contributed by atoms with Crippen LogP contribution < -0.4 is 5.32 Å². The van der Waals surface area contributed by atoms with Gasteiger partial charge in [-0.25, -0.2) is 4.98 Å². The molecule has 0 amide bonds. The van der Waals surface area contributed by atoms with Crippen LogP contribution in [0.3, 0.4) is 0 Å². The molecule has 1 N–H and O–H groups in total. The van der Waals surface area contributed by atoms with E-state index in [1.54, 1.807) is 11.3 Å². The van der Waals surface area contributed by atoms with Gasteiger partial charge in [0.15, 0.2) is 0 Å². The molecule has 2 rings (SSSR count). The summed E-state index contributed by atoms with van der Waals surface area (Å²) in [4.78, 5) is 4.34. The molecule has 0 saturated heterocycles. The lowest BCUT2D eigenvalue weighted by atomic mass is 10.0. The van der Waals surface area contributed by atoms with Gasteiger partial charge >= 0.3 is 0 Å². The molecular weight excluding hydrogens is 296 g/mol. The zero-order chi connectivity index (χ0) is 12.3. The average Bonchev–Trinajstić information content (AvgIpc) is 2.82. The highest BCUT2D eigenvalue weighted by Gasteiger charge is 2.12. The van der Waals surface area contributed by atoms with E-state index in [1.807, 2.05) is 18.6 Å². The lowest BCUT2D eigenvalue weighted by molar-refractivity contribution is 0.590. The first kappa shape index (κ1) is 12.7. The molecule has 1 atom stereocenters. The Labute approximate surface area is 114 Å². The van der Waals surface area contributed by atoms with Crippen molar-refractivity contribution in [2.75, 3.05) is 7.05 Å². The van der Waals surface area contributed by atoms with Gasteiger partial charge in [-0.2, -0.15) is 0 Å². The molecular formula is C13H15BrN2S. The van der Waals surface area contributed by atoms with Gasteiger partial charge in [-0.15, -0.1) is 11.3 Å². The molecule has 0 aliphatic rings. The highest BCUT2D eigenvalue weighted by atomic mass is 79.9. The monoisotopic (exact) mass is 310 g/mol. The summed E-state index contributed by atoms with van der Waals surface area (Å²) in [6, 6.07) is 6.82. The van der Waals surface area contributed by atoms with Crippen LogP contribution >= 0.6 is 27.3 Å². The van der Waals surface area contributed by atoms with Gasteiger partial charge in [0, 0.05) is 28.5 Å². The van der Waals surface area contributed by atoms with Crippen LogP contribution in [0.1, 0.15) is 22.2 Å². The fraction of sp³-hybridized carbons (Fsp3) is 0.308. The van der Waals surface area contributed by atoms with E-state index in [0.717, 1.165) is 10.9 Å². The molecule has 0 spiro atoms. The van der Waals surface area contributed by atoms with Crippen LogP contribution in [0.15, 0.2) is 34.2 Å². The first-order valence-electron chi connectivity index (χ1n) is 5.52. The Morgan fingerprint density at radius 2 is 2.29 bits per heavy atom. The topological polar surface area (TPSA) is 24.9 Å². The van der Waals surface area contributed by atoms with Crippen molar-refractivity contribution in [3.05, 3.63) is 50.4 Å². The molecule has 0 bridgehead atoms. The molecule has 1 aromatic heterocycles. The van der Waals surface area contributed by atoms with E-state index in [4.69, 9.17) is 0 Å². The predicted octanol–water partition coefficient (Wildman–Crippen LogP) is 3.72. The van der Waals surface area contributed by atoms with Crippen molar-refractivity contribution in [3.8, 4) is 0 Å². The third-order valence-corrected chi connectivity index (χ3v) is 4.47. The van der Waals surface area contributed by atoms with Gasteiger partial charge < -0.3 is 5.32 Å². The smallest absolute Gasteiger partial charge is 0.0943 e. The van der Waals surface area contributed by atoms with Crippen LogP contribution in [0.5, 0.6) is 0 Å². The minimum absolute atomic E-state index is 0.318. The van der Waals surface area contributed by atoms with Crippen molar-refractivity contribution in [2.24, 2.45) is 0 Å². The molecule has 1 unspecified atom stereocenters. The van der Waals surface area contributed by atoms with Gasteiger partial charge in [0.1, 0.15) is 0 Å². The number of rotatable bonds is 4. The van der Waals surface area contributed by atoms with Crippen molar-refractivity contribution in [3.63, 3.8) is 0 Å². The molecule has 2 aromatic rings. The molecule has 0 aliphatic carbocycles. The highest BCUT2D eigenvalue weighted by molar-refractivity contribution is 9.10. The molecule has 1 heterocycles. The van der Waals surface area contributed by atoms with Gasteiger partial charge in [-0.3, -0.25) is 0 Å². The number of halogens is 1. The Hall–Kier alpha value is -0.710. The number of likely N-dealkylation sites (N-methyl/N-ethyl adjacent to an activating group) is 1. The predicted molar refractivity (Wildman–Crippen MR) is 76.5 cm³/mol. The Morgan fingerprint density at radius 1 is 1.47 bits per heavy atom. The summed E-state index contributed by atoms with van der Waals surface area (Å²) in [5, 5.41) is 6.54. The first-order chi connectivity index (χ1) is 8.20. The van der Waals surface area contributed by atoms with Crippen molar-refractivity contribution in [2.45, 2.75) is 19.4 Å². The third kappa shape index (κ3) is 3.15. The zero-order valence-electron chi connectivity index (χ0n) is 9.90. The second-order valence-corrected chi connectivity index (χ2v) is 5.81. The molecule has 0 aliphatic heterocycles. The number of nitrogens with zero attached hydrogens (tertiary/aromatic N) is 1. The molecule has 90 valence electrons. The molecule has 0 fully saturated rings. The molecule has 2 nitrogen and oxygen atoms in total. The number of hydrogen-bond acceptors (Lipinski definition) is 3. The summed E-state index contributed by atoms with van der Waals surface area (Å²) < 4.78 is 1.16. The SMILES string of the molecule is CNC(Cc1nccs1)c1ccc(C)c(Br)c1. The second kappa shape index (κ2) is 5.76. The van der Waals surface area contributed by atoms with Crippen molar-refractivity contribution in [1.82, 2.24) is 10.3 Å². The quantitative estimate of drug-likeness (QED) is 0.931. The zero-order valence-corrected chi connectivity index (χ0v) is 12.3. The molecule has 4 heteroatoms. The van der Waals surface area contributed by atoms with Gasteiger partial charge in [0.05, 0.1) is 5.01 Å². The maximum absolute atomic E-state index is 4.34. The van der Waals surface area contributed by atoms with E-state index < -0.39 is 0 Å². The number of aromatic nitrogens is 1. The fourth-order valence-corrected chi connectivity index (χ4v) is 2.80. The van der Waals surface area contributed by atoms with E-state index in [9.17, 15) is 0 Å². The minimum atomic E-state index is 0.318. The van der Waals surface area contributed by atoms with E-state index in [-0.39, 0.29) is 0 Å². The van der Waals surface area contributed by atoms with Crippen LogP contribution in [0.25, 0.3) is 0 Å². The Bertz CT molecular complexity index is 482. The lowest BCUT2D eigenvalue weighted by Gasteiger charge is -2.16. The van der Waals surface area contributed by atoms with E-state index in [0.29, 0.717) is 6.04 Å². The van der Waals surface area contributed by atoms with Crippen LogP contribution in [0.2, 0.25) is 0 Å². The fourth-order valence-electron chi connectivity index (χ4n) is 1.74. The maximum atomic E-state index is 4.34. The number of thiazole rings is 1. The van der Waals surface area contributed by atoms with E-state index >= 15 is 0 Å². The normalized spacial score (nSPS) is 12.6. The minimum Gasteiger partial charge on any atom is -0.313 e. The summed E-state index contributed by atoms with van der Waals surface area (Å²) >= 11 is 5.29. The largest absolute Gasteiger partial charge is 0.313 e. The summed E-state index contributed by atoms with van der Waals surface area (Å²) in [7, 11) is 1.99. The van der Waals surface area contributed by atoms with Gasteiger partial charge in [0.25, 0.3) is 0 Å². The average molecular weight is 311 g/mol. The maximum Gasteiger partial charge on any atom is 0.0943 e. The number of nitrogens with one attached hydrogen (secondary N) is 1. The molecule has 0 radical (unpaired) electrons. The summed E-state index contributed by atoms with van der Waals surface area (Å²) in [6.45, 7) is 2.10. The molecule has 0 saturated carbocycles. The van der Waals surface area contributed by atoms with Crippen LogP contribution in [-0.4, -0.2) is 12.0 Å². The molecule has 17 heavy (non-hydrogen) atoms. The van der Waals surface area contributed by atoms with Crippen LogP contribution in [0, 0.1) is 6.92 Å². The van der Waals surface area contributed by atoms with Crippen molar-refractivity contribution < 1.29 is 0 Å². The van der Waals surface area contributed by atoms with E-state index in [2.05, 4.69) is 51.4 Å². The third-order valence-electron chi connectivity index (χ3n) is 2.81. The number of hydrogen-bond donors (Lipinski definition) is 1. The standard InChI is InChI=1S/C13H15BrN2S/c1-9-3-4-10(7-11(9)14)12(15-2)8-13-16-5-6-17-13/h3-7,12,15H,8H2,1-2H3. The summed E-state index contributed by atoms with van der Waals surface area (Å²) in [6.07, 6.45) is 2.79. The summed E-state index contributed by atoms with van der Waals surface area (Å²) in [5.74, 6) is 0. The Balaban J connectivity index is 2.20. The number of aryl methyl sites for hydroxylation is 1. The van der Waals surface area contributed by atoms with Crippen LogP contribution in [0.4, 0.5) is 0 Å². The van der Waals surface area contributed by atoms with Gasteiger partial charge in [-0.1, -0.05) is 28.1 Å². The van der Waals surface area contributed by atoms with Gasteiger partial charge in [-0.05, 0) is 31.2 Å². The van der Waals surface area contributed by atoms with Gasteiger partial charge in [0.2, 0.25) is 0 Å². The first-order valence-corrected chi connectivity index (χ1v) is 7.19. The Morgan fingerprint density at radius 3 is 2.88 bits per heavy atom.